The van der Waals surface area contributed by atoms with Gasteiger partial charge in [0, 0.05) is 75.2 Å². The number of hydrogen-bond acceptors (Lipinski definition) is 4. The Balaban J connectivity index is 1.12. The second-order valence-electron chi connectivity index (χ2n) is 19.2. The van der Waals surface area contributed by atoms with E-state index in [0.717, 1.165) is 66.4 Å². The lowest BCUT2D eigenvalue weighted by Crippen LogP contribution is -2.37. The van der Waals surface area contributed by atoms with Crippen molar-refractivity contribution in [1.82, 2.24) is 4.57 Å². The average molecular weight is 818 g/mol. The zero-order chi connectivity index (χ0) is 41.8. The smallest absolute Gasteiger partial charge is 0.197 e. The van der Waals surface area contributed by atoms with Crippen molar-refractivity contribution in [2.75, 3.05) is 5.32 Å². The molecule has 1 aliphatic heterocycles. The Morgan fingerprint density at radius 1 is 0.516 bits per heavy atom. The molecule has 1 aliphatic rings. The number of hydrogen-bond donors (Lipinski definition) is 1. The number of aromatic nitrogens is 1. The van der Waals surface area contributed by atoms with Crippen LogP contribution in [0.5, 0.6) is 0 Å². The third-order valence-electron chi connectivity index (χ3n) is 13.3. The number of nitrogens with one attached hydrogen (secondary N) is 1. The Labute approximate surface area is 363 Å². The summed E-state index contributed by atoms with van der Waals surface area (Å²) >= 11 is 1.87. The van der Waals surface area contributed by atoms with Gasteiger partial charge in [-0.15, -0.1) is 11.3 Å². The van der Waals surface area contributed by atoms with E-state index in [2.05, 4.69) is 198 Å². The summed E-state index contributed by atoms with van der Waals surface area (Å²) in [6, 6.07) is 51.3. The molecule has 6 heteroatoms. The molecule has 8 aromatic carbocycles. The summed E-state index contributed by atoms with van der Waals surface area (Å²) in [7, 11) is 2.43. The van der Waals surface area contributed by atoms with Crippen LogP contribution in [0.1, 0.15) is 52.7 Å². The quantitative estimate of drug-likeness (QED) is 0.181. The zero-order valence-electron chi connectivity index (χ0n) is 35.5. The molecule has 0 atom stereocenters. The van der Waals surface area contributed by atoms with Crippen LogP contribution in [0.25, 0.3) is 103 Å². The summed E-state index contributed by atoms with van der Waals surface area (Å²) in [5.41, 5.74) is 16.5. The molecular weight excluding hydrogens is 776 g/mol. The van der Waals surface area contributed by atoms with Gasteiger partial charge in [-0.1, -0.05) is 120 Å². The first kappa shape index (κ1) is 35.9. The highest BCUT2D eigenvalue weighted by Crippen LogP contribution is 2.46. The number of nitrogens with zero attached hydrogens (tertiary/aromatic N) is 1. The standard InChI is InChI=1S/C56H42BN2O2S/c1-55(2,3)30-15-18-32(19-16-30)58-42-27-39-38-25-31(56(4,5)6)17-23-46(38)61-48(39)28-37(42)34-20-21-36-51-43(22-24-47-52(51)35-12-7-9-13-45(35)60-47)59-44-29-50-40(26-41(44)57-53(34)54(36)59)33-11-8-10-14-49(33)62-50/h7-29,58H,1-6H3. The second-order valence-corrected chi connectivity index (χ2v) is 20.3. The Hall–Kier alpha value is -6.76. The predicted octanol–water partition coefficient (Wildman–Crippen LogP) is 14.9. The minimum absolute atomic E-state index is 0.00543. The fourth-order valence-corrected chi connectivity index (χ4v) is 11.3. The van der Waals surface area contributed by atoms with Crippen molar-refractivity contribution >= 4 is 127 Å². The Bertz CT molecular complexity index is 3880. The van der Waals surface area contributed by atoms with Crippen molar-refractivity contribution in [3.05, 3.63) is 151 Å². The van der Waals surface area contributed by atoms with Gasteiger partial charge in [-0.25, -0.2) is 0 Å². The average Bonchev–Trinajstić information content (AvgIpc) is 4.01. The van der Waals surface area contributed by atoms with Gasteiger partial charge in [0.2, 0.25) is 0 Å². The molecule has 0 fully saturated rings. The lowest BCUT2D eigenvalue weighted by atomic mass is 9.59. The van der Waals surface area contributed by atoms with Crippen LogP contribution in [0.15, 0.2) is 148 Å². The number of fused-ring (bicyclic) bond motifs is 15. The lowest BCUT2D eigenvalue weighted by molar-refractivity contribution is 0.590. The molecule has 0 spiro atoms. The molecule has 62 heavy (non-hydrogen) atoms. The Kier molecular flexibility index (Phi) is 7.21. The van der Waals surface area contributed by atoms with Gasteiger partial charge in [0.05, 0.1) is 5.52 Å². The van der Waals surface area contributed by atoms with Crippen molar-refractivity contribution in [3.8, 4) is 16.8 Å². The van der Waals surface area contributed by atoms with Gasteiger partial charge in [0.1, 0.15) is 22.3 Å². The number of rotatable bonds is 3. The first-order valence-electron chi connectivity index (χ1n) is 21.6. The third kappa shape index (κ3) is 5.13. The Morgan fingerprint density at radius 2 is 1.23 bits per heavy atom. The molecule has 0 amide bonds. The van der Waals surface area contributed by atoms with E-state index >= 15 is 0 Å². The third-order valence-corrected chi connectivity index (χ3v) is 14.5. The van der Waals surface area contributed by atoms with Crippen molar-refractivity contribution in [3.63, 3.8) is 0 Å². The molecule has 4 nitrogen and oxygen atoms in total. The van der Waals surface area contributed by atoms with E-state index in [1.807, 2.05) is 11.3 Å². The molecule has 1 radical (unpaired) electrons. The fourth-order valence-electron chi connectivity index (χ4n) is 10.1. The molecule has 0 unspecified atom stereocenters. The molecule has 4 aromatic heterocycles. The fraction of sp³-hybridized carbons (Fsp3) is 0.143. The molecular formula is C56H42BN2O2S. The van der Waals surface area contributed by atoms with Gasteiger partial charge in [-0.05, 0) is 105 Å². The highest BCUT2D eigenvalue weighted by atomic mass is 32.1. The van der Waals surface area contributed by atoms with Crippen LogP contribution in [-0.2, 0) is 10.8 Å². The van der Waals surface area contributed by atoms with E-state index in [1.165, 1.54) is 69.7 Å². The van der Waals surface area contributed by atoms with E-state index < -0.39 is 0 Å². The lowest BCUT2D eigenvalue weighted by Gasteiger charge is -2.24. The van der Waals surface area contributed by atoms with Crippen LogP contribution >= 0.6 is 11.3 Å². The van der Waals surface area contributed by atoms with E-state index in [4.69, 9.17) is 8.83 Å². The van der Waals surface area contributed by atoms with Crippen molar-refractivity contribution in [2.24, 2.45) is 0 Å². The predicted molar refractivity (Wildman–Crippen MR) is 266 cm³/mol. The topological polar surface area (TPSA) is 43.2 Å². The molecule has 0 saturated carbocycles. The number of anilines is 2. The first-order chi connectivity index (χ1) is 30.0. The molecule has 1 N–H and O–H groups in total. The summed E-state index contributed by atoms with van der Waals surface area (Å²) < 4.78 is 18.4. The van der Waals surface area contributed by atoms with Crippen molar-refractivity contribution in [2.45, 2.75) is 52.4 Å². The molecule has 297 valence electrons. The van der Waals surface area contributed by atoms with Crippen molar-refractivity contribution in [1.29, 1.82) is 0 Å². The summed E-state index contributed by atoms with van der Waals surface area (Å²) in [5.74, 6) is 0. The summed E-state index contributed by atoms with van der Waals surface area (Å²) in [6.45, 7) is 13.6. The molecule has 0 aliphatic carbocycles. The van der Waals surface area contributed by atoms with E-state index in [9.17, 15) is 0 Å². The van der Waals surface area contributed by atoms with Crippen LogP contribution in [0.4, 0.5) is 11.4 Å². The van der Waals surface area contributed by atoms with Crippen LogP contribution in [0.2, 0.25) is 0 Å². The molecule has 5 heterocycles. The maximum Gasteiger partial charge on any atom is 0.197 e. The minimum atomic E-state index is 0.00543. The Morgan fingerprint density at radius 3 is 2.05 bits per heavy atom. The largest absolute Gasteiger partial charge is 0.456 e. The molecule has 0 bridgehead atoms. The molecule has 12 aromatic rings. The van der Waals surface area contributed by atoms with Gasteiger partial charge >= 0.3 is 0 Å². The molecule has 13 rings (SSSR count). The zero-order valence-corrected chi connectivity index (χ0v) is 36.3. The van der Waals surface area contributed by atoms with E-state index in [1.54, 1.807) is 0 Å². The maximum atomic E-state index is 6.75. The van der Waals surface area contributed by atoms with Gasteiger partial charge in [-0.2, -0.15) is 0 Å². The maximum absolute atomic E-state index is 6.75. The monoisotopic (exact) mass is 817 g/mol. The van der Waals surface area contributed by atoms with Crippen LogP contribution in [-0.4, -0.2) is 11.8 Å². The summed E-state index contributed by atoms with van der Waals surface area (Å²) in [5, 5.41) is 13.5. The number of benzene rings is 8. The minimum Gasteiger partial charge on any atom is -0.456 e. The highest BCUT2D eigenvalue weighted by Gasteiger charge is 2.30. The van der Waals surface area contributed by atoms with Gasteiger partial charge in [-0.3, -0.25) is 0 Å². The van der Waals surface area contributed by atoms with Crippen LogP contribution < -0.4 is 16.2 Å². The van der Waals surface area contributed by atoms with Crippen LogP contribution in [0.3, 0.4) is 0 Å². The van der Waals surface area contributed by atoms with E-state index in [-0.39, 0.29) is 10.8 Å². The van der Waals surface area contributed by atoms with Gasteiger partial charge < -0.3 is 18.7 Å². The van der Waals surface area contributed by atoms with Crippen LogP contribution in [0, 0.1) is 0 Å². The summed E-state index contributed by atoms with van der Waals surface area (Å²) in [6.07, 6.45) is 0. The molecule has 0 saturated heterocycles. The van der Waals surface area contributed by atoms with Gasteiger partial charge in [0.25, 0.3) is 0 Å². The number of furan rings is 2. The number of para-hydroxylation sites is 1. The van der Waals surface area contributed by atoms with E-state index in [0.29, 0.717) is 0 Å². The normalized spacial score (nSPS) is 13.1. The SMILES string of the molecule is CC(C)(C)c1ccc(Nc2cc3c(cc2-c2ccc4c5c6c(ccc5n5c4c2[B]c2cc4c(cc2-5)sc2ccccc24)oc2ccccc26)oc2ccc(C(C)(C)C)cc23)cc1. The summed E-state index contributed by atoms with van der Waals surface area (Å²) in [4.78, 5) is 0. The van der Waals surface area contributed by atoms with Crippen molar-refractivity contribution < 1.29 is 8.83 Å². The van der Waals surface area contributed by atoms with Gasteiger partial charge in [0.15, 0.2) is 7.28 Å². The first-order valence-corrected chi connectivity index (χ1v) is 22.4. The highest BCUT2D eigenvalue weighted by molar-refractivity contribution is 7.25. The second kappa shape index (κ2) is 12.4. The number of thiophene rings is 1.